The summed E-state index contributed by atoms with van der Waals surface area (Å²) in [6, 6.07) is 6.66. The lowest BCUT2D eigenvalue weighted by molar-refractivity contribution is -0.130. The van der Waals surface area contributed by atoms with Crippen LogP contribution in [0.5, 0.6) is 11.5 Å². The highest BCUT2D eigenvalue weighted by Crippen LogP contribution is 2.20. The van der Waals surface area contributed by atoms with E-state index in [1.54, 1.807) is 38.1 Å². The van der Waals surface area contributed by atoms with E-state index in [2.05, 4.69) is 6.58 Å². The maximum absolute atomic E-state index is 11.3. The van der Waals surface area contributed by atoms with Crippen LogP contribution in [0.15, 0.2) is 36.4 Å². The fourth-order valence-electron chi connectivity index (χ4n) is 1.04. The van der Waals surface area contributed by atoms with Gasteiger partial charge in [0.2, 0.25) is 0 Å². The maximum atomic E-state index is 11.3. The highest BCUT2D eigenvalue weighted by atomic mass is 16.5. The van der Waals surface area contributed by atoms with E-state index < -0.39 is 12.1 Å². The van der Waals surface area contributed by atoms with Crippen molar-refractivity contribution in [1.29, 1.82) is 0 Å². The molecular formula is C13H16O4. The predicted octanol–water partition coefficient (Wildman–Crippen LogP) is 1.93. The predicted molar refractivity (Wildman–Crippen MR) is 64.1 cm³/mol. The van der Waals surface area contributed by atoms with Crippen molar-refractivity contribution in [3.63, 3.8) is 0 Å². The van der Waals surface area contributed by atoms with E-state index in [0.717, 1.165) is 0 Å². The lowest BCUT2D eigenvalue weighted by Gasteiger charge is -2.09. The van der Waals surface area contributed by atoms with E-state index >= 15 is 0 Å². The van der Waals surface area contributed by atoms with Gasteiger partial charge in [0, 0.05) is 11.6 Å². The minimum atomic E-state index is -0.545. The van der Waals surface area contributed by atoms with Crippen molar-refractivity contribution in [3.05, 3.63) is 36.4 Å². The molecule has 0 radical (unpaired) electrons. The molecule has 92 valence electrons. The van der Waals surface area contributed by atoms with Gasteiger partial charge in [-0.15, -0.1) is 0 Å². The van der Waals surface area contributed by atoms with Gasteiger partial charge < -0.3 is 14.6 Å². The van der Waals surface area contributed by atoms with E-state index in [-0.39, 0.29) is 6.61 Å². The average molecular weight is 236 g/mol. The normalized spacial score (nSPS) is 11.7. The minimum absolute atomic E-state index is 0.192. The van der Waals surface area contributed by atoms with Gasteiger partial charge in [-0.2, -0.15) is 0 Å². The third kappa shape index (κ3) is 4.70. The fraction of sp³-hybridized carbons (Fsp3) is 0.308. The molecule has 1 rings (SSSR count). The zero-order valence-electron chi connectivity index (χ0n) is 9.97. The molecule has 0 fully saturated rings. The van der Waals surface area contributed by atoms with Crippen molar-refractivity contribution < 1.29 is 19.4 Å². The Morgan fingerprint density at radius 3 is 2.71 bits per heavy atom. The lowest BCUT2D eigenvalue weighted by atomic mass is 10.3. The van der Waals surface area contributed by atoms with Crippen molar-refractivity contribution in [3.8, 4) is 11.5 Å². The van der Waals surface area contributed by atoms with Crippen LogP contribution in [0.3, 0.4) is 0 Å². The van der Waals surface area contributed by atoms with Crippen LogP contribution in [0, 0.1) is 0 Å². The molecule has 0 aliphatic heterocycles. The smallest absolute Gasteiger partial charge is 0.338 e. The number of aliphatic hydroxyl groups excluding tert-OH is 1. The number of carbonyl (C=O) groups is 1. The first-order chi connectivity index (χ1) is 7.99. The van der Waals surface area contributed by atoms with Crippen LogP contribution < -0.4 is 9.47 Å². The number of carbonyl (C=O) groups excluding carboxylic acids is 1. The average Bonchev–Trinajstić information content (AvgIpc) is 2.26. The molecule has 0 spiro atoms. The van der Waals surface area contributed by atoms with E-state index in [9.17, 15) is 4.79 Å². The van der Waals surface area contributed by atoms with E-state index in [1.807, 2.05) is 0 Å². The molecule has 17 heavy (non-hydrogen) atoms. The summed E-state index contributed by atoms with van der Waals surface area (Å²) >= 11 is 0. The molecule has 4 nitrogen and oxygen atoms in total. The summed E-state index contributed by atoms with van der Waals surface area (Å²) in [6.45, 7) is 6.90. The minimum Gasteiger partial charge on any atom is -0.491 e. The Labute approximate surface area is 100 Å². The molecule has 0 aliphatic carbocycles. The summed E-state index contributed by atoms with van der Waals surface area (Å²) in [4.78, 5) is 11.3. The van der Waals surface area contributed by atoms with E-state index in [0.29, 0.717) is 17.1 Å². The Morgan fingerprint density at radius 1 is 1.47 bits per heavy atom. The number of esters is 1. The molecule has 0 aliphatic rings. The van der Waals surface area contributed by atoms with Crippen molar-refractivity contribution in [2.75, 3.05) is 6.61 Å². The number of benzene rings is 1. The van der Waals surface area contributed by atoms with Crippen LogP contribution in [-0.2, 0) is 4.79 Å². The highest BCUT2D eigenvalue weighted by molar-refractivity contribution is 5.88. The SMILES string of the molecule is C=C(C)C(=O)Oc1cccc(OCC(C)O)c1. The summed E-state index contributed by atoms with van der Waals surface area (Å²) in [5.41, 5.74) is 0.334. The topological polar surface area (TPSA) is 55.8 Å². The fourth-order valence-corrected chi connectivity index (χ4v) is 1.04. The second kappa shape index (κ2) is 6.06. The van der Waals surface area contributed by atoms with Gasteiger partial charge in [0.25, 0.3) is 0 Å². The second-order valence-electron chi connectivity index (χ2n) is 3.80. The monoisotopic (exact) mass is 236 g/mol. The number of rotatable bonds is 5. The Kier molecular flexibility index (Phi) is 4.72. The van der Waals surface area contributed by atoms with Crippen LogP contribution in [0.1, 0.15) is 13.8 Å². The third-order valence-electron chi connectivity index (χ3n) is 1.86. The van der Waals surface area contributed by atoms with Gasteiger partial charge in [-0.3, -0.25) is 0 Å². The van der Waals surface area contributed by atoms with Crippen molar-refractivity contribution in [1.82, 2.24) is 0 Å². The number of hydrogen-bond donors (Lipinski definition) is 1. The molecule has 0 amide bonds. The van der Waals surface area contributed by atoms with Gasteiger partial charge in [-0.05, 0) is 26.0 Å². The molecule has 4 heteroatoms. The zero-order valence-corrected chi connectivity index (χ0v) is 9.97. The molecule has 1 atom stereocenters. The Hall–Kier alpha value is -1.81. The highest BCUT2D eigenvalue weighted by Gasteiger charge is 2.06. The first kappa shape index (κ1) is 13.3. The molecule has 0 saturated carbocycles. The van der Waals surface area contributed by atoms with Crippen LogP contribution in [0.2, 0.25) is 0 Å². The summed E-state index contributed by atoms with van der Waals surface area (Å²) in [5, 5.41) is 9.08. The standard InChI is InChI=1S/C13H16O4/c1-9(2)13(15)17-12-6-4-5-11(7-12)16-8-10(3)14/h4-7,10,14H,1,8H2,2-3H3. The largest absolute Gasteiger partial charge is 0.491 e. The maximum Gasteiger partial charge on any atom is 0.338 e. The quantitative estimate of drug-likeness (QED) is 0.482. The van der Waals surface area contributed by atoms with E-state index in [4.69, 9.17) is 14.6 Å². The van der Waals surface area contributed by atoms with Crippen LogP contribution in [-0.4, -0.2) is 23.8 Å². The van der Waals surface area contributed by atoms with Gasteiger partial charge >= 0.3 is 5.97 Å². The molecule has 0 bridgehead atoms. The van der Waals surface area contributed by atoms with E-state index in [1.165, 1.54) is 0 Å². The van der Waals surface area contributed by atoms with Gasteiger partial charge in [-0.25, -0.2) is 4.79 Å². The Morgan fingerprint density at radius 2 is 2.12 bits per heavy atom. The summed E-state index contributed by atoms with van der Waals surface area (Å²) < 4.78 is 10.3. The molecule has 1 N–H and O–H groups in total. The number of aliphatic hydroxyl groups is 1. The third-order valence-corrected chi connectivity index (χ3v) is 1.86. The zero-order chi connectivity index (χ0) is 12.8. The van der Waals surface area contributed by atoms with Gasteiger partial charge in [0.15, 0.2) is 0 Å². The molecule has 1 aromatic carbocycles. The van der Waals surface area contributed by atoms with Crippen molar-refractivity contribution >= 4 is 5.97 Å². The molecule has 0 aromatic heterocycles. The number of ether oxygens (including phenoxy) is 2. The molecule has 0 heterocycles. The van der Waals surface area contributed by atoms with Gasteiger partial charge in [-0.1, -0.05) is 12.6 Å². The summed E-state index contributed by atoms with van der Waals surface area (Å²) in [7, 11) is 0. The van der Waals surface area contributed by atoms with Crippen LogP contribution >= 0.6 is 0 Å². The first-order valence-electron chi connectivity index (χ1n) is 5.27. The van der Waals surface area contributed by atoms with Crippen molar-refractivity contribution in [2.24, 2.45) is 0 Å². The Bertz CT molecular complexity index is 410. The van der Waals surface area contributed by atoms with Crippen molar-refractivity contribution in [2.45, 2.75) is 20.0 Å². The van der Waals surface area contributed by atoms with Gasteiger partial charge in [0.05, 0.1) is 6.10 Å². The Balaban J connectivity index is 2.65. The molecule has 0 saturated heterocycles. The molecule has 1 unspecified atom stereocenters. The van der Waals surface area contributed by atoms with Gasteiger partial charge in [0.1, 0.15) is 18.1 Å². The second-order valence-corrected chi connectivity index (χ2v) is 3.80. The van der Waals surface area contributed by atoms with Crippen LogP contribution in [0.25, 0.3) is 0 Å². The molecular weight excluding hydrogens is 220 g/mol. The first-order valence-corrected chi connectivity index (χ1v) is 5.27. The summed E-state index contributed by atoms with van der Waals surface area (Å²) in [5.74, 6) is 0.455. The lowest BCUT2D eigenvalue weighted by Crippen LogP contribution is -2.13. The molecule has 1 aromatic rings. The van der Waals surface area contributed by atoms with Crippen LogP contribution in [0.4, 0.5) is 0 Å². The number of hydrogen-bond acceptors (Lipinski definition) is 4. The summed E-state index contributed by atoms with van der Waals surface area (Å²) in [6.07, 6.45) is -0.545.